The quantitative estimate of drug-likeness (QED) is 0.700. The van der Waals surface area contributed by atoms with Crippen molar-refractivity contribution in [2.45, 2.75) is 42.3 Å². The molecule has 0 unspecified atom stereocenters. The van der Waals surface area contributed by atoms with Gasteiger partial charge in [-0.05, 0) is 12.8 Å². The van der Waals surface area contributed by atoms with Crippen LogP contribution in [0.1, 0.15) is 39.0 Å². The molecule has 0 radical (unpaired) electrons. The summed E-state index contributed by atoms with van der Waals surface area (Å²) in [7, 11) is 0. The van der Waals surface area contributed by atoms with E-state index in [-0.39, 0.29) is 20.7 Å². The van der Waals surface area contributed by atoms with Crippen molar-refractivity contribution in [3.05, 3.63) is 0 Å². The van der Waals surface area contributed by atoms with E-state index in [1.807, 2.05) is 0 Å². The van der Waals surface area contributed by atoms with E-state index in [9.17, 15) is 9.59 Å². The summed E-state index contributed by atoms with van der Waals surface area (Å²) < 4.78 is -0.377. The van der Waals surface area contributed by atoms with Crippen molar-refractivity contribution in [2.75, 3.05) is 5.88 Å². The average molecular weight is 362 g/mol. The molecule has 0 N–H and O–H groups in total. The summed E-state index contributed by atoms with van der Waals surface area (Å²) in [6, 6.07) is 0. The van der Waals surface area contributed by atoms with Crippen LogP contribution in [-0.4, -0.2) is 20.7 Å². The number of rotatable bonds is 2. The lowest BCUT2D eigenvalue weighted by molar-refractivity contribution is -0.120. The van der Waals surface area contributed by atoms with Crippen LogP contribution in [0.25, 0.3) is 0 Å². The molecule has 0 aromatic rings. The van der Waals surface area contributed by atoms with Crippen molar-refractivity contribution in [3.63, 3.8) is 0 Å². The molecular formula is C10H15Br2ClO2. The van der Waals surface area contributed by atoms with Crippen LogP contribution in [0.5, 0.6) is 0 Å². The Morgan fingerprint density at radius 3 is 2.27 bits per heavy atom. The Hall–Kier alpha value is 0.590. The summed E-state index contributed by atoms with van der Waals surface area (Å²) in [4.78, 5) is 21.1. The Morgan fingerprint density at radius 1 is 1.47 bits per heavy atom. The molecule has 0 saturated heterocycles. The van der Waals surface area contributed by atoms with Crippen LogP contribution in [-0.2, 0) is 9.59 Å². The second-order valence-electron chi connectivity index (χ2n) is 3.36. The molecule has 1 aliphatic rings. The average Bonchev–Trinajstić information content (AvgIpc) is 2.22. The van der Waals surface area contributed by atoms with Crippen LogP contribution in [0.3, 0.4) is 0 Å². The third-order valence-corrected chi connectivity index (χ3v) is 4.07. The molecule has 0 heterocycles. The maximum Gasteiger partial charge on any atom is 0.160 e. The molecule has 0 bridgehead atoms. The van der Waals surface area contributed by atoms with Gasteiger partial charge in [-0.15, -0.1) is 11.6 Å². The Balaban J connectivity index is 0.000000288. The molecule has 88 valence electrons. The van der Waals surface area contributed by atoms with E-state index in [2.05, 4.69) is 31.9 Å². The highest BCUT2D eigenvalue weighted by atomic mass is 79.9. The number of hydrogen-bond acceptors (Lipinski definition) is 2. The van der Waals surface area contributed by atoms with E-state index < -0.39 is 0 Å². The molecule has 0 amide bonds. The standard InChI is InChI=1S/C6H8Br2O.C4H7ClO/c7-6(8)4-2-1-3-5(6)9;1-2-4(6)3-5/h1-4H2;2-3H2,1H3. The first-order chi connectivity index (χ1) is 6.94. The molecule has 1 saturated carbocycles. The number of hydrogen-bond donors (Lipinski definition) is 0. The Kier molecular flexibility index (Phi) is 8.10. The number of halogens is 3. The maximum absolute atomic E-state index is 11.0. The van der Waals surface area contributed by atoms with Crippen LogP contribution in [0.2, 0.25) is 0 Å². The zero-order valence-electron chi connectivity index (χ0n) is 8.69. The first-order valence-electron chi connectivity index (χ1n) is 4.92. The van der Waals surface area contributed by atoms with Gasteiger partial charge < -0.3 is 0 Å². The predicted molar refractivity (Wildman–Crippen MR) is 70.1 cm³/mol. The van der Waals surface area contributed by atoms with Crippen molar-refractivity contribution in [2.24, 2.45) is 0 Å². The SMILES string of the molecule is CCC(=O)CCl.O=C1CCCCC1(Br)Br. The highest BCUT2D eigenvalue weighted by Crippen LogP contribution is 2.38. The van der Waals surface area contributed by atoms with Gasteiger partial charge in [-0.1, -0.05) is 45.2 Å². The van der Waals surface area contributed by atoms with E-state index in [1.54, 1.807) is 6.92 Å². The lowest BCUT2D eigenvalue weighted by Crippen LogP contribution is -2.27. The van der Waals surface area contributed by atoms with Crippen molar-refractivity contribution in [1.29, 1.82) is 0 Å². The van der Waals surface area contributed by atoms with Gasteiger partial charge in [0.2, 0.25) is 0 Å². The number of carbonyl (C=O) groups excluding carboxylic acids is 2. The van der Waals surface area contributed by atoms with Gasteiger partial charge in [0.1, 0.15) is 9.02 Å². The van der Waals surface area contributed by atoms with Gasteiger partial charge in [0.05, 0.1) is 5.88 Å². The monoisotopic (exact) mass is 360 g/mol. The van der Waals surface area contributed by atoms with Gasteiger partial charge in [-0.3, -0.25) is 9.59 Å². The second-order valence-corrected chi connectivity index (χ2v) is 7.40. The highest BCUT2D eigenvalue weighted by molar-refractivity contribution is 9.25. The van der Waals surface area contributed by atoms with Crippen LogP contribution in [0, 0.1) is 0 Å². The first-order valence-corrected chi connectivity index (χ1v) is 7.05. The second kappa shape index (κ2) is 7.80. The van der Waals surface area contributed by atoms with Crippen LogP contribution in [0.15, 0.2) is 0 Å². The lowest BCUT2D eigenvalue weighted by Gasteiger charge is -2.22. The van der Waals surface area contributed by atoms with Gasteiger partial charge >= 0.3 is 0 Å². The number of ketones is 2. The zero-order chi connectivity index (χ0) is 11.9. The minimum absolute atomic E-state index is 0.108. The van der Waals surface area contributed by atoms with E-state index in [4.69, 9.17) is 11.6 Å². The van der Waals surface area contributed by atoms with Gasteiger partial charge in [-0.2, -0.15) is 0 Å². The van der Waals surface area contributed by atoms with Gasteiger partial charge in [0, 0.05) is 12.8 Å². The molecule has 5 heteroatoms. The Morgan fingerprint density at radius 2 is 2.07 bits per heavy atom. The normalized spacial score (nSPS) is 19.1. The summed E-state index contributed by atoms with van der Waals surface area (Å²) in [5.74, 6) is 0.557. The zero-order valence-corrected chi connectivity index (χ0v) is 12.6. The summed E-state index contributed by atoms with van der Waals surface area (Å²) >= 11 is 11.8. The molecule has 1 rings (SSSR count). The summed E-state index contributed by atoms with van der Waals surface area (Å²) in [6.45, 7) is 1.80. The molecular weight excluding hydrogens is 347 g/mol. The molecule has 1 fully saturated rings. The fraction of sp³-hybridized carbons (Fsp3) is 0.800. The van der Waals surface area contributed by atoms with E-state index >= 15 is 0 Å². The van der Waals surface area contributed by atoms with Gasteiger partial charge in [0.15, 0.2) is 5.78 Å². The van der Waals surface area contributed by atoms with Crippen molar-refractivity contribution in [3.8, 4) is 0 Å². The molecule has 0 aromatic heterocycles. The number of carbonyl (C=O) groups is 2. The molecule has 0 aliphatic heterocycles. The summed E-state index contributed by atoms with van der Waals surface area (Å²) in [5.41, 5.74) is 0. The van der Waals surface area contributed by atoms with Gasteiger partial charge in [0.25, 0.3) is 0 Å². The van der Waals surface area contributed by atoms with Gasteiger partial charge in [-0.25, -0.2) is 0 Å². The fourth-order valence-electron chi connectivity index (χ4n) is 1.05. The highest BCUT2D eigenvalue weighted by Gasteiger charge is 2.33. The smallest absolute Gasteiger partial charge is 0.160 e. The topological polar surface area (TPSA) is 34.1 Å². The van der Waals surface area contributed by atoms with E-state index in [1.165, 1.54) is 0 Å². The minimum Gasteiger partial charge on any atom is -0.298 e. The third kappa shape index (κ3) is 6.69. The molecule has 1 aliphatic carbocycles. The van der Waals surface area contributed by atoms with Crippen molar-refractivity contribution < 1.29 is 9.59 Å². The predicted octanol–water partition coefficient (Wildman–Crippen LogP) is 3.82. The number of Topliss-reactive ketones (excluding diaryl/α,β-unsaturated/α-hetero) is 2. The summed E-state index contributed by atoms with van der Waals surface area (Å²) in [6.07, 6.45) is 4.39. The Labute approximate surface area is 112 Å². The van der Waals surface area contributed by atoms with Crippen molar-refractivity contribution in [1.82, 2.24) is 0 Å². The number of alkyl halides is 3. The van der Waals surface area contributed by atoms with Crippen LogP contribution >= 0.6 is 43.5 Å². The van der Waals surface area contributed by atoms with Crippen molar-refractivity contribution >= 4 is 55.0 Å². The molecule has 0 aromatic carbocycles. The lowest BCUT2D eigenvalue weighted by atomic mass is 9.99. The van der Waals surface area contributed by atoms with E-state index in [0.29, 0.717) is 6.42 Å². The Bertz CT molecular complexity index is 223. The largest absolute Gasteiger partial charge is 0.298 e. The molecule has 0 spiro atoms. The molecule has 0 atom stereocenters. The molecule has 15 heavy (non-hydrogen) atoms. The fourth-order valence-corrected chi connectivity index (χ4v) is 2.20. The molecule has 2 nitrogen and oxygen atoms in total. The minimum atomic E-state index is -0.377. The van der Waals surface area contributed by atoms with Crippen LogP contribution < -0.4 is 0 Å². The maximum atomic E-state index is 11.0. The summed E-state index contributed by atoms with van der Waals surface area (Å²) in [5, 5.41) is 0. The first kappa shape index (κ1) is 15.6. The van der Waals surface area contributed by atoms with Crippen LogP contribution in [0.4, 0.5) is 0 Å². The van der Waals surface area contributed by atoms with E-state index in [0.717, 1.165) is 25.7 Å². The third-order valence-electron chi connectivity index (χ3n) is 2.10.